The van der Waals surface area contributed by atoms with E-state index in [1.165, 1.54) is 6.92 Å². The van der Waals surface area contributed by atoms with Gasteiger partial charge in [0.1, 0.15) is 5.84 Å². The van der Waals surface area contributed by atoms with Crippen molar-refractivity contribution in [2.75, 3.05) is 38.0 Å². The van der Waals surface area contributed by atoms with Gasteiger partial charge in [-0.15, -0.1) is 11.8 Å². The summed E-state index contributed by atoms with van der Waals surface area (Å²) in [5, 5.41) is 13.0. The third-order valence-corrected chi connectivity index (χ3v) is 8.19. The van der Waals surface area contributed by atoms with Crippen molar-refractivity contribution in [1.82, 2.24) is 20.1 Å². The summed E-state index contributed by atoms with van der Waals surface area (Å²) in [6.07, 6.45) is 3.01. The Morgan fingerprint density at radius 1 is 1.45 bits per heavy atom. The van der Waals surface area contributed by atoms with Gasteiger partial charge in [-0.1, -0.05) is 0 Å². The molecule has 4 heterocycles. The molecule has 168 valence electrons. The van der Waals surface area contributed by atoms with E-state index in [2.05, 4.69) is 20.5 Å². The Morgan fingerprint density at radius 3 is 2.90 bits per heavy atom. The molecular formula is C19H26ClN7O3S. The van der Waals surface area contributed by atoms with E-state index in [9.17, 15) is 14.4 Å². The third kappa shape index (κ3) is 4.13. The van der Waals surface area contributed by atoms with E-state index in [0.29, 0.717) is 39.0 Å². The van der Waals surface area contributed by atoms with Crippen molar-refractivity contribution in [1.29, 1.82) is 5.41 Å². The van der Waals surface area contributed by atoms with Gasteiger partial charge in [0.05, 0.1) is 34.0 Å². The van der Waals surface area contributed by atoms with E-state index >= 15 is 0 Å². The van der Waals surface area contributed by atoms with Crippen LogP contribution in [-0.2, 0) is 16.0 Å². The highest BCUT2D eigenvalue weighted by atomic mass is 35.5. The minimum absolute atomic E-state index is 0.0470. The van der Waals surface area contributed by atoms with Crippen molar-refractivity contribution >= 4 is 52.1 Å². The molecule has 3 aliphatic heterocycles. The first-order valence-electron chi connectivity index (χ1n) is 10.2. The summed E-state index contributed by atoms with van der Waals surface area (Å²) in [4.78, 5) is 42.5. The third-order valence-electron chi connectivity index (χ3n) is 6.14. The molecular weight excluding hydrogens is 442 g/mol. The minimum atomic E-state index is -0.551. The van der Waals surface area contributed by atoms with Gasteiger partial charge in [-0.05, 0) is 30.0 Å². The van der Waals surface area contributed by atoms with Crippen LogP contribution in [-0.4, -0.2) is 75.4 Å². The number of anilines is 1. The highest BCUT2D eigenvalue weighted by Gasteiger charge is 2.57. The number of hydrogen-bond acceptors (Lipinski definition) is 6. The number of piperazine rings is 1. The molecule has 3 atom stereocenters. The van der Waals surface area contributed by atoms with Crippen LogP contribution in [0.5, 0.6) is 0 Å². The fourth-order valence-electron chi connectivity index (χ4n) is 4.75. The molecule has 4 rings (SSSR count). The van der Waals surface area contributed by atoms with Gasteiger partial charge in [-0.2, -0.15) is 0 Å². The standard InChI is InChI=1S/C19H26ClN7O3S/c1-10(28)23-3-2-11-7-24-15-14(11)25-17(29)12-6-19(31-16(12)15)9-26(18(20)30)4-5-27(19)8-13(21)22/h7,12,16,24H,2-6,8-9H2,1H3,(H3,21,22)(H,23,28)(H,25,29). The molecule has 3 unspecified atom stereocenters. The van der Waals surface area contributed by atoms with Gasteiger partial charge in [0.15, 0.2) is 0 Å². The molecule has 6 N–H and O–H groups in total. The van der Waals surface area contributed by atoms with Crippen LogP contribution in [0.4, 0.5) is 10.5 Å². The summed E-state index contributed by atoms with van der Waals surface area (Å²) >= 11 is 7.42. The predicted molar refractivity (Wildman–Crippen MR) is 119 cm³/mol. The highest BCUT2D eigenvalue weighted by molar-refractivity contribution is 8.01. The van der Waals surface area contributed by atoms with Crippen molar-refractivity contribution in [3.8, 4) is 0 Å². The number of carbonyl (C=O) groups is 3. The average molecular weight is 468 g/mol. The van der Waals surface area contributed by atoms with Crippen molar-refractivity contribution in [3.05, 3.63) is 17.5 Å². The van der Waals surface area contributed by atoms with Crippen molar-refractivity contribution in [2.45, 2.75) is 29.9 Å². The Morgan fingerprint density at radius 2 is 2.23 bits per heavy atom. The predicted octanol–water partition coefficient (Wildman–Crippen LogP) is 1.05. The number of thioether (sulfide) groups is 1. The number of H-pyrrole nitrogens is 1. The molecule has 12 heteroatoms. The highest BCUT2D eigenvalue weighted by Crippen LogP contribution is 2.60. The molecule has 3 aliphatic rings. The normalized spacial score (nSPS) is 27.5. The molecule has 0 aliphatic carbocycles. The average Bonchev–Trinajstić information content (AvgIpc) is 3.25. The second-order valence-corrected chi connectivity index (χ2v) is 10.1. The lowest BCUT2D eigenvalue weighted by molar-refractivity contribution is -0.121. The first-order valence-corrected chi connectivity index (χ1v) is 11.4. The number of nitrogens with zero attached hydrogens (tertiary/aromatic N) is 2. The maximum atomic E-state index is 13.0. The number of nitrogens with one attached hydrogen (secondary N) is 4. The van der Waals surface area contributed by atoms with Gasteiger partial charge >= 0.3 is 5.37 Å². The molecule has 2 fully saturated rings. The van der Waals surface area contributed by atoms with Crippen molar-refractivity contribution < 1.29 is 14.4 Å². The molecule has 31 heavy (non-hydrogen) atoms. The quantitative estimate of drug-likeness (QED) is 0.189. The number of aromatic nitrogens is 1. The van der Waals surface area contributed by atoms with E-state index in [1.54, 1.807) is 16.7 Å². The maximum absolute atomic E-state index is 13.0. The summed E-state index contributed by atoms with van der Waals surface area (Å²) in [6.45, 7) is 3.60. The Balaban J connectivity index is 1.61. The molecule has 0 bridgehead atoms. The number of amidine groups is 1. The van der Waals surface area contributed by atoms with Crippen LogP contribution in [0.3, 0.4) is 0 Å². The molecule has 10 nitrogen and oxygen atoms in total. The minimum Gasteiger partial charge on any atom is -0.387 e. The first-order chi connectivity index (χ1) is 14.7. The number of carbonyl (C=O) groups excluding carboxylic acids is 3. The van der Waals surface area contributed by atoms with Gasteiger partial charge in [0, 0.05) is 39.3 Å². The second kappa shape index (κ2) is 8.36. The fourth-order valence-corrected chi connectivity index (χ4v) is 6.87. The lowest BCUT2D eigenvalue weighted by Gasteiger charge is -2.47. The summed E-state index contributed by atoms with van der Waals surface area (Å²) in [5.41, 5.74) is 8.37. The number of hydrogen-bond donors (Lipinski definition) is 5. The fraction of sp³-hybridized carbons (Fsp3) is 0.579. The molecule has 1 aromatic rings. The summed E-state index contributed by atoms with van der Waals surface area (Å²) in [7, 11) is 0. The number of amides is 3. The molecule has 0 radical (unpaired) electrons. The number of nitrogens with two attached hydrogens (primary N) is 1. The summed E-state index contributed by atoms with van der Waals surface area (Å²) in [6, 6.07) is 0. The number of aromatic amines is 1. The van der Waals surface area contributed by atoms with Crippen molar-refractivity contribution in [3.63, 3.8) is 0 Å². The topological polar surface area (TPSA) is 147 Å². The van der Waals surface area contributed by atoms with Crippen LogP contribution < -0.4 is 16.4 Å². The lowest BCUT2D eigenvalue weighted by atomic mass is 9.89. The summed E-state index contributed by atoms with van der Waals surface area (Å²) in [5.74, 6) is -0.382. The van der Waals surface area contributed by atoms with Crippen LogP contribution in [0, 0.1) is 11.3 Å². The van der Waals surface area contributed by atoms with Crippen LogP contribution in [0.1, 0.15) is 29.9 Å². The first kappa shape index (κ1) is 22.0. The smallest absolute Gasteiger partial charge is 0.316 e. The van der Waals surface area contributed by atoms with E-state index in [1.807, 2.05) is 6.20 Å². The van der Waals surface area contributed by atoms with Crippen molar-refractivity contribution in [2.24, 2.45) is 11.7 Å². The summed E-state index contributed by atoms with van der Waals surface area (Å²) < 4.78 is 0. The van der Waals surface area contributed by atoms with Crippen LogP contribution in [0.15, 0.2) is 6.20 Å². The molecule has 1 aromatic heterocycles. The Kier molecular flexibility index (Phi) is 5.93. The molecule has 1 spiro atoms. The van der Waals surface area contributed by atoms with E-state index in [4.69, 9.17) is 22.7 Å². The van der Waals surface area contributed by atoms with E-state index in [-0.39, 0.29) is 35.4 Å². The van der Waals surface area contributed by atoms with E-state index < -0.39 is 10.2 Å². The van der Waals surface area contributed by atoms with Gasteiger partial charge in [-0.25, -0.2) is 0 Å². The zero-order chi connectivity index (χ0) is 22.3. The second-order valence-electron chi connectivity index (χ2n) is 8.24. The van der Waals surface area contributed by atoms with Gasteiger partial charge in [0.25, 0.3) is 0 Å². The largest absolute Gasteiger partial charge is 0.387 e. The van der Waals surface area contributed by atoms with Gasteiger partial charge in [-0.3, -0.25) is 24.7 Å². The number of rotatable bonds is 5. The SMILES string of the molecule is CC(=O)NCCc1c[nH]c2c1NC(=O)C1CC3(CN(C(=O)Cl)CCN3CC(=N)N)SC21. The number of fused-ring (bicyclic) bond motifs is 3. The maximum Gasteiger partial charge on any atom is 0.316 e. The zero-order valence-electron chi connectivity index (χ0n) is 17.2. The molecule has 2 saturated heterocycles. The number of halogens is 1. The lowest BCUT2D eigenvalue weighted by Crippen LogP contribution is -2.61. The van der Waals surface area contributed by atoms with Crippen LogP contribution in [0.2, 0.25) is 0 Å². The molecule has 3 amide bonds. The van der Waals surface area contributed by atoms with Crippen LogP contribution >= 0.6 is 23.4 Å². The molecule has 0 aromatic carbocycles. The Hall–Kier alpha value is -2.24. The Bertz CT molecular complexity index is 938. The monoisotopic (exact) mass is 467 g/mol. The zero-order valence-corrected chi connectivity index (χ0v) is 18.7. The van der Waals surface area contributed by atoms with Gasteiger partial charge in [0.2, 0.25) is 11.8 Å². The Labute approximate surface area is 189 Å². The molecule has 0 saturated carbocycles. The van der Waals surface area contributed by atoms with E-state index in [0.717, 1.165) is 16.9 Å². The van der Waals surface area contributed by atoms with Crippen LogP contribution in [0.25, 0.3) is 0 Å². The van der Waals surface area contributed by atoms with Gasteiger partial charge < -0.3 is 26.3 Å².